The molecule has 0 aliphatic heterocycles. The molecule has 2 rings (SSSR count). The van der Waals surface area contributed by atoms with Crippen molar-refractivity contribution in [1.29, 1.82) is 0 Å². The van der Waals surface area contributed by atoms with Crippen LogP contribution in [0.3, 0.4) is 0 Å². The topological polar surface area (TPSA) is 38.9 Å². The summed E-state index contributed by atoms with van der Waals surface area (Å²) < 4.78 is 0. The van der Waals surface area contributed by atoms with Crippen molar-refractivity contribution in [3.05, 3.63) is 22.5 Å². The van der Waals surface area contributed by atoms with Gasteiger partial charge in [0.15, 0.2) is 0 Å². The highest BCUT2D eigenvalue weighted by atomic mass is 35.5. The van der Waals surface area contributed by atoms with Crippen molar-refractivity contribution < 1.29 is 0 Å². The summed E-state index contributed by atoms with van der Waals surface area (Å²) in [6, 6.07) is 1.73. The van der Waals surface area contributed by atoms with Gasteiger partial charge in [0.25, 0.3) is 0 Å². The fourth-order valence-corrected chi connectivity index (χ4v) is 1.76. The van der Waals surface area contributed by atoms with Crippen LogP contribution in [0.2, 0.25) is 5.15 Å². The number of nitrogens with zero attached hydrogens (tertiary/aromatic N) is 1. The Bertz CT molecular complexity index is 296. The summed E-state index contributed by atoms with van der Waals surface area (Å²) in [5.41, 5.74) is 8.85. The number of fused-ring (bicyclic) bond motifs is 1. The minimum absolute atomic E-state index is 0.517. The van der Waals surface area contributed by atoms with E-state index in [0.717, 1.165) is 30.6 Å². The molecule has 0 bridgehead atoms. The van der Waals surface area contributed by atoms with Gasteiger partial charge in [-0.25, -0.2) is 4.98 Å². The molecule has 11 heavy (non-hydrogen) atoms. The summed E-state index contributed by atoms with van der Waals surface area (Å²) in [6.07, 6.45) is 3.25. The highest BCUT2D eigenvalue weighted by Crippen LogP contribution is 2.27. The first-order chi connectivity index (χ1) is 5.27. The van der Waals surface area contributed by atoms with Crippen molar-refractivity contribution in [2.45, 2.75) is 19.3 Å². The largest absolute Gasteiger partial charge is 0.398 e. The molecular weight excluding hydrogens is 160 g/mol. The highest BCUT2D eigenvalue weighted by molar-refractivity contribution is 6.29. The van der Waals surface area contributed by atoms with Crippen LogP contribution in [0.25, 0.3) is 0 Å². The van der Waals surface area contributed by atoms with E-state index >= 15 is 0 Å². The number of aryl methyl sites for hydroxylation is 1. The molecular formula is C8H9ClN2. The predicted octanol–water partition coefficient (Wildman–Crippen LogP) is 1.81. The Hall–Kier alpha value is -0.760. The van der Waals surface area contributed by atoms with Gasteiger partial charge in [0.1, 0.15) is 5.15 Å². The zero-order chi connectivity index (χ0) is 7.84. The van der Waals surface area contributed by atoms with Crippen LogP contribution in [0.5, 0.6) is 0 Å². The minimum Gasteiger partial charge on any atom is -0.398 e. The van der Waals surface area contributed by atoms with Gasteiger partial charge in [0, 0.05) is 11.4 Å². The molecule has 1 aromatic heterocycles. The van der Waals surface area contributed by atoms with E-state index in [-0.39, 0.29) is 0 Å². The number of nitrogen functional groups attached to an aromatic ring is 1. The van der Waals surface area contributed by atoms with E-state index in [9.17, 15) is 0 Å². The van der Waals surface area contributed by atoms with Crippen molar-refractivity contribution in [2.75, 3.05) is 5.73 Å². The van der Waals surface area contributed by atoms with E-state index in [1.807, 2.05) is 0 Å². The van der Waals surface area contributed by atoms with Gasteiger partial charge in [-0.3, -0.25) is 0 Å². The molecule has 0 aromatic carbocycles. The Morgan fingerprint density at radius 1 is 1.45 bits per heavy atom. The second-order valence-electron chi connectivity index (χ2n) is 2.81. The van der Waals surface area contributed by atoms with Gasteiger partial charge in [0.05, 0.1) is 0 Å². The summed E-state index contributed by atoms with van der Waals surface area (Å²) in [6.45, 7) is 0. The molecule has 3 heteroatoms. The Kier molecular flexibility index (Phi) is 1.50. The fraction of sp³-hybridized carbons (Fsp3) is 0.375. The van der Waals surface area contributed by atoms with Gasteiger partial charge >= 0.3 is 0 Å². The number of pyridine rings is 1. The average Bonchev–Trinajstić information content (AvgIpc) is 2.34. The van der Waals surface area contributed by atoms with E-state index in [4.69, 9.17) is 17.3 Å². The predicted molar refractivity (Wildman–Crippen MR) is 45.7 cm³/mol. The van der Waals surface area contributed by atoms with Crippen LogP contribution < -0.4 is 5.73 Å². The third-order valence-electron chi connectivity index (χ3n) is 2.05. The molecule has 0 unspecified atom stereocenters. The molecule has 2 N–H and O–H groups in total. The standard InChI is InChI=1S/C8H9ClN2/c9-8-4-6(10)5-2-1-3-7(5)11-8/h4H,1-3H2,(H2,10,11). The number of rotatable bonds is 0. The Balaban J connectivity index is 2.60. The summed E-state index contributed by atoms with van der Waals surface area (Å²) in [4.78, 5) is 4.20. The second-order valence-corrected chi connectivity index (χ2v) is 3.20. The van der Waals surface area contributed by atoms with Crippen LogP contribution >= 0.6 is 11.6 Å². The molecule has 0 amide bonds. The summed E-state index contributed by atoms with van der Waals surface area (Å²) in [5, 5.41) is 0.517. The van der Waals surface area contributed by atoms with Crippen LogP contribution in [-0.4, -0.2) is 4.98 Å². The molecule has 0 saturated heterocycles. The minimum atomic E-state index is 0.517. The normalized spacial score (nSPS) is 15.0. The molecule has 0 spiro atoms. The lowest BCUT2D eigenvalue weighted by molar-refractivity contribution is 0.900. The maximum absolute atomic E-state index is 5.75. The first-order valence-corrected chi connectivity index (χ1v) is 4.09. The number of halogens is 1. The smallest absolute Gasteiger partial charge is 0.131 e. The van der Waals surface area contributed by atoms with Gasteiger partial charge in [-0.15, -0.1) is 0 Å². The van der Waals surface area contributed by atoms with E-state index in [1.165, 1.54) is 5.56 Å². The molecule has 0 fully saturated rings. The van der Waals surface area contributed by atoms with E-state index in [1.54, 1.807) is 6.07 Å². The molecule has 2 nitrogen and oxygen atoms in total. The highest BCUT2D eigenvalue weighted by Gasteiger charge is 2.15. The number of nitrogens with two attached hydrogens (primary N) is 1. The third kappa shape index (κ3) is 1.07. The first-order valence-electron chi connectivity index (χ1n) is 3.71. The zero-order valence-electron chi connectivity index (χ0n) is 6.10. The van der Waals surface area contributed by atoms with Crippen molar-refractivity contribution in [3.8, 4) is 0 Å². The van der Waals surface area contributed by atoms with Crippen molar-refractivity contribution in [2.24, 2.45) is 0 Å². The van der Waals surface area contributed by atoms with Gasteiger partial charge < -0.3 is 5.73 Å². The van der Waals surface area contributed by atoms with Gasteiger partial charge in [0.2, 0.25) is 0 Å². The zero-order valence-corrected chi connectivity index (χ0v) is 6.86. The molecule has 1 aliphatic rings. The van der Waals surface area contributed by atoms with Crippen molar-refractivity contribution in [3.63, 3.8) is 0 Å². The second kappa shape index (κ2) is 2.38. The maximum Gasteiger partial charge on any atom is 0.131 e. The molecule has 0 radical (unpaired) electrons. The Labute approximate surface area is 70.4 Å². The summed E-state index contributed by atoms with van der Waals surface area (Å²) >= 11 is 5.74. The summed E-state index contributed by atoms with van der Waals surface area (Å²) in [5.74, 6) is 0. The van der Waals surface area contributed by atoms with Crippen LogP contribution in [0.15, 0.2) is 6.07 Å². The van der Waals surface area contributed by atoms with Crippen molar-refractivity contribution >= 4 is 17.3 Å². The SMILES string of the molecule is Nc1cc(Cl)nc2c1CCC2. The maximum atomic E-state index is 5.75. The molecule has 0 atom stereocenters. The quantitative estimate of drug-likeness (QED) is 0.600. The van der Waals surface area contributed by atoms with Gasteiger partial charge in [-0.2, -0.15) is 0 Å². The lowest BCUT2D eigenvalue weighted by Crippen LogP contribution is -1.95. The van der Waals surface area contributed by atoms with E-state index in [2.05, 4.69) is 4.98 Å². The molecule has 1 aliphatic carbocycles. The number of hydrogen-bond donors (Lipinski definition) is 1. The van der Waals surface area contributed by atoms with Crippen LogP contribution in [0.4, 0.5) is 5.69 Å². The van der Waals surface area contributed by atoms with E-state index < -0.39 is 0 Å². The number of hydrogen-bond acceptors (Lipinski definition) is 2. The molecule has 58 valence electrons. The summed E-state index contributed by atoms with van der Waals surface area (Å²) in [7, 11) is 0. The molecule has 0 saturated carbocycles. The number of anilines is 1. The van der Waals surface area contributed by atoms with Crippen molar-refractivity contribution in [1.82, 2.24) is 4.98 Å². The van der Waals surface area contributed by atoms with E-state index in [0.29, 0.717) is 5.15 Å². The Morgan fingerprint density at radius 2 is 2.27 bits per heavy atom. The average molecular weight is 169 g/mol. The molecule has 1 aromatic rings. The van der Waals surface area contributed by atoms with Crippen LogP contribution in [0.1, 0.15) is 17.7 Å². The Morgan fingerprint density at radius 3 is 3.09 bits per heavy atom. The lowest BCUT2D eigenvalue weighted by atomic mass is 10.2. The lowest BCUT2D eigenvalue weighted by Gasteiger charge is -2.02. The van der Waals surface area contributed by atoms with Crippen LogP contribution in [-0.2, 0) is 12.8 Å². The van der Waals surface area contributed by atoms with Gasteiger partial charge in [-0.05, 0) is 30.9 Å². The van der Waals surface area contributed by atoms with Crippen LogP contribution in [0, 0.1) is 0 Å². The molecule has 1 heterocycles. The fourth-order valence-electron chi connectivity index (χ4n) is 1.54. The first kappa shape index (κ1) is 6.92. The number of aromatic nitrogens is 1. The van der Waals surface area contributed by atoms with Gasteiger partial charge in [-0.1, -0.05) is 11.6 Å². The monoisotopic (exact) mass is 168 g/mol. The third-order valence-corrected chi connectivity index (χ3v) is 2.25.